The quantitative estimate of drug-likeness (QED) is 0.828. The SMILES string of the molecule is CC(C)c1cccc(OP(O)O)c1-c1ccccc1. The average molecular weight is 276 g/mol. The molecule has 2 N–H and O–H groups in total. The molecule has 3 nitrogen and oxygen atoms in total. The van der Waals surface area contributed by atoms with Crippen LogP contribution in [0.25, 0.3) is 11.1 Å². The Labute approximate surface area is 114 Å². The van der Waals surface area contributed by atoms with E-state index in [0.29, 0.717) is 11.7 Å². The first-order valence-corrected chi connectivity index (χ1v) is 7.30. The molecule has 0 saturated heterocycles. The van der Waals surface area contributed by atoms with E-state index in [4.69, 9.17) is 14.3 Å². The monoisotopic (exact) mass is 276 g/mol. The van der Waals surface area contributed by atoms with Gasteiger partial charge in [-0.3, -0.25) is 0 Å². The minimum Gasteiger partial charge on any atom is -0.426 e. The van der Waals surface area contributed by atoms with Gasteiger partial charge in [-0.25, -0.2) is 0 Å². The van der Waals surface area contributed by atoms with Gasteiger partial charge in [0.05, 0.1) is 0 Å². The van der Waals surface area contributed by atoms with Crippen molar-refractivity contribution in [1.82, 2.24) is 0 Å². The van der Waals surface area contributed by atoms with Crippen LogP contribution < -0.4 is 4.52 Å². The van der Waals surface area contributed by atoms with Crippen LogP contribution in [0.3, 0.4) is 0 Å². The zero-order chi connectivity index (χ0) is 13.8. The van der Waals surface area contributed by atoms with Crippen LogP contribution in [-0.2, 0) is 0 Å². The summed E-state index contributed by atoms with van der Waals surface area (Å²) in [5, 5.41) is 0. The summed E-state index contributed by atoms with van der Waals surface area (Å²) in [6, 6.07) is 15.5. The van der Waals surface area contributed by atoms with Gasteiger partial charge in [0.1, 0.15) is 5.75 Å². The van der Waals surface area contributed by atoms with E-state index < -0.39 is 8.60 Å². The fourth-order valence-electron chi connectivity index (χ4n) is 2.11. The summed E-state index contributed by atoms with van der Waals surface area (Å²) < 4.78 is 5.17. The third-order valence-electron chi connectivity index (χ3n) is 2.92. The Morgan fingerprint density at radius 1 is 0.947 bits per heavy atom. The summed E-state index contributed by atoms with van der Waals surface area (Å²) in [6.45, 7) is 4.21. The van der Waals surface area contributed by atoms with Crippen molar-refractivity contribution in [3.63, 3.8) is 0 Å². The summed E-state index contributed by atoms with van der Waals surface area (Å²) in [7, 11) is -2.41. The predicted molar refractivity (Wildman–Crippen MR) is 78.0 cm³/mol. The van der Waals surface area contributed by atoms with Crippen LogP contribution in [0.4, 0.5) is 0 Å². The van der Waals surface area contributed by atoms with E-state index in [0.717, 1.165) is 16.7 Å². The maximum absolute atomic E-state index is 9.10. The average Bonchev–Trinajstić information content (AvgIpc) is 2.38. The molecule has 0 aliphatic rings. The second-order valence-corrected chi connectivity index (χ2v) is 5.27. The molecule has 0 unspecified atom stereocenters. The lowest BCUT2D eigenvalue weighted by Crippen LogP contribution is -1.96. The lowest BCUT2D eigenvalue weighted by atomic mass is 9.92. The van der Waals surface area contributed by atoms with Gasteiger partial charge in [-0.1, -0.05) is 56.3 Å². The van der Waals surface area contributed by atoms with Crippen LogP contribution >= 0.6 is 8.60 Å². The van der Waals surface area contributed by atoms with Crippen molar-refractivity contribution in [2.45, 2.75) is 19.8 Å². The summed E-state index contributed by atoms with van der Waals surface area (Å²) >= 11 is 0. The van der Waals surface area contributed by atoms with Gasteiger partial charge in [0.25, 0.3) is 0 Å². The van der Waals surface area contributed by atoms with E-state index in [1.807, 2.05) is 42.5 Å². The Bertz CT molecular complexity index is 538. The predicted octanol–water partition coefficient (Wildman–Crippen LogP) is 4.07. The molecular formula is C15H17O3P. The van der Waals surface area contributed by atoms with E-state index in [2.05, 4.69) is 13.8 Å². The van der Waals surface area contributed by atoms with E-state index in [9.17, 15) is 0 Å². The summed E-state index contributed by atoms with van der Waals surface area (Å²) in [5.74, 6) is 0.830. The second kappa shape index (κ2) is 6.16. The van der Waals surface area contributed by atoms with E-state index >= 15 is 0 Å². The maximum Gasteiger partial charge on any atom is 0.391 e. The number of hydrogen-bond acceptors (Lipinski definition) is 3. The molecule has 0 amide bonds. The molecule has 0 aliphatic heterocycles. The van der Waals surface area contributed by atoms with Gasteiger partial charge < -0.3 is 14.3 Å². The van der Waals surface area contributed by atoms with Gasteiger partial charge in [0.15, 0.2) is 0 Å². The van der Waals surface area contributed by atoms with Gasteiger partial charge in [0.2, 0.25) is 0 Å². The third-order valence-corrected chi connectivity index (χ3v) is 3.28. The van der Waals surface area contributed by atoms with Crippen LogP contribution in [0, 0.1) is 0 Å². The summed E-state index contributed by atoms with van der Waals surface area (Å²) in [6.07, 6.45) is 0. The van der Waals surface area contributed by atoms with Crippen LogP contribution in [0.5, 0.6) is 5.75 Å². The van der Waals surface area contributed by atoms with Crippen molar-refractivity contribution in [1.29, 1.82) is 0 Å². The molecule has 0 aliphatic carbocycles. The highest BCUT2D eigenvalue weighted by Crippen LogP contribution is 2.41. The summed E-state index contributed by atoms with van der Waals surface area (Å²) in [4.78, 5) is 18.2. The smallest absolute Gasteiger partial charge is 0.391 e. The third kappa shape index (κ3) is 3.32. The van der Waals surface area contributed by atoms with Crippen LogP contribution in [0.1, 0.15) is 25.3 Å². The van der Waals surface area contributed by atoms with Crippen molar-refractivity contribution < 1.29 is 14.3 Å². The zero-order valence-electron chi connectivity index (χ0n) is 10.9. The summed E-state index contributed by atoms with van der Waals surface area (Å²) in [5.41, 5.74) is 3.06. The van der Waals surface area contributed by atoms with Gasteiger partial charge in [0, 0.05) is 5.56 Å². The molecule has 4 heteroatoms. The van der Waals surface area contributed by atoms with Crippen molar-refractivity contribution in [2.24, 2.45) is 0 Å². The number of benzene rings is 2. The molecule has 0 aromatic heterocycles. The standard InChI is InChI=1S/C15H17O3P/c1-11(2)13-9-6-10-14(18-19(16)17)15(13)12-7-4-3-5-8-12/h3-11,16-17H,1-2H3. The Kier molecular flexibility index (Phi) is 4.54. The fraction of sp³-hybridized carbons (Fsp3) is 0.200. The molecular weight excluding hydrogens is 259 g/mol. The molecule has 0 radical (unpaired) electrons. The first kappa shape index (κ1) is 14.0. The van der Waals surface area contributed by atoms with Gasteiger partial charge in [-0.15, -0.1) is 0 Å². The molecule has 2 aromatic rings. The van der Waals surface area contributed by atoms with Crippen molar-refractivity contribution in [2.75, 3.05) is 0 Å². The minimum absolute atomic E-state index is 0.322. The normalized spacial score (nSPS) is 11.1. The maximum atomic E-state index is 9.10. The Morgan fingerprint density at radius 3 is 2.21 bits per heavy atom. The molecule has 2 rings (SSSR count). The van der Waals surface area contributed by atoms with Crippen molar-refractivity contribution >= 4 is 8.60 Å². The first-order valence-electron chi connectivity index (χ1n) is 6.13. The largest absolute Gasteiger partial charge is 0.426 e. The molecule has 0 spiro atoms. The van der Waals surface area contributed by atoms with Crippen LogP contribution in [-0.4, -0.2) is 9.79 Å². The van der Waals surface area contributed by atoms with E-state index in [1.54, 1.807) is 6.07 Å². The Balaban J connectivity index is 2.59. The highest BCUT2D eigenvalue weighted by atomic mass is 31.2. The molecule has 0 saturated carbocycles. The highest BCUT2D eigenvalue weighted by molar-refractivity contribution is 7.39. The topological polar surface area (TPSA) is 49.7 Å². The Hall–Kier alpha value is -1.41. The van der Waals surface area contributed by atoms with Crippen molar-refractivity contribution in [3.05, 3.63) is 54.1 Å². The van der Waals surface area contributed by atoms with Gasteiger partial charge >= 0.3 is 8.60 Å². The molecule has 19 heavy (non-hydrogen) atoms. The molecule has 0 atom stereocenters. The molecule has 0 fully saturated rings. The first-order chi connectivity index (χ1) is 9.09. The van der Waals surface area contributed by atoms with E-state index in [-0.39, 0.29) is 0 Å². The second-order valence-electron chi connectivity index (χ2n) is 4.59. The van der Waals surface area contributed by atoms with E-state index in [1.165, 1.54) is 0 Å². The van der Waals surface area contributed by atoms with Gasteiger partial charge in [-0.05, 0) is 23.1 Å². The lowest BCUT2D eigenvalue weighted by Gasteiger charge is -2.17. The fourth-order valence-corrected chi connectivity index (χ4v) is 2.44. The number of hydrogen-bond donors (Lipinski definition) is 2. The molecule has 0 heterocycles. The van der Waals surface area contributed by atoms with Crippen LogP contribution in [0.15, 0.2) is 48.5 Å². The molecule has 100 valence electrons. The lowest BCUT2D eigenvalue weighted by molar-refractivity contribution is 0.375. The minimum atomic E-state index is -2.41. The molecule has 0 bridgehead atoms. The number of rotatable bonds is 4. The zero-order valence-corrected chi connectivity index (χ0v) is 11.8. The van der Waals surface area contributed by atoms with Gasteiger partial charge in [-0.2, -0.15) is 0 Å². The molecule has 2 aromatic carbocycles. The van der Waals surface area contributed by atoms with Crippen molar-refractivity contribution in [3.8, 4) is 16.9 Å². The highest BCUT2D eigenvalue weighted by Gasteiger charge is 2.16. The van der Waals surface area contributed by atoms with Crippen LogP contribution in [0.2, 0.25) is 0 Å². The Morgan fingerprint density at radius 2 is 1.63 bits per heavy atom.